The van der Waals surface area contributed by atoms with Crippen LogP contribution in [0.4, 0.5) is 10.1 Å². The van der Waals surface area contributed by atoms with Gasteiger partial charge in [-0.2, -0.15) is 5.10 Å². The van der Waals surface area contributed by atoms with Crippen molar-refractivity contribution in [3.8, 4) is 11.3 Å². The molecule has 0 saturated carbocycles. The highest BCUT2D eigenvalue weighted by atomic mass is 35.5. The number of hydrogen-bond acceptors (Lipinski definition) is 3. The molecular weight excluding hydrogens is 369 g/mol. The van der Waals surface area contributed by atoms with E-state index in [1.807, 2.05) is 0 Å². The minimum atomic E-state index is -0.335. The number of hydrogen-bond donors (Lipinski definition) is 1. The molecule has 0 spiro atoms. The van der Waals surface area contributed by atoms with Crippen LogP contribution < -0.4 is 10.9 Å². The van der Waals surface area contributed by atoms with Crippen molar-refractivity contribution in [3.63, 3.8) is 0 Å². The van der Waals surface area contributed by atoms with E-state index in [0.29, 0.717) is 34.9 Å². The summed E-state index contributed by atoms with van der Waals surface area (Å²) in [6.45, 7) is 0.302. The van der Waals surface area contributed by atoms with Gasteiger partial charge in [0.2, 0.25) is 5.91 Å². The standard InChI is InChI=1S/C20H17ClFN3O2/c21-15-3-1-4-17(13-15)23-19(26)5-2-12-25-20(27)11-10-18(24-25)14-6-8-16(22)9-7-14/h1,3-4,6-11,13H,2,5,12H2,(H,23,26). The molecule has 0 saturated heterocycles. The van der Waals surface area contributed by atoms with Crippen LogP contribution in [0.1, 0.15) is 12.8 Å². The average molecular weight is 386 g/mol. The number of carbonyl (C=O) groups excluding carboxylic acids is 1. The third-order valence-corrected chi connectivity index (χ3v) is 4.12. The summed E-state index contributed by atoms with van der Waals surface area (Å²) in [6, 6.07) is 15.8. The molecule has 0 fully saturated rings. The number of aryl methyl sites for hydroxylation is 1. The van der Waals surface area contributed by atoms with Crippen LogP contribution in [0.15, 0.2) is 65.5 Å². The quantitative estimate of drug-likeness (QED) is 0.694. The molecule has 0 aliphatic heterocycles. The Balaban J connectivity index is 1.60. The van der Waals surface area contributed by atoms with E-state index in [2.05, 4.69) is 10.4 Å². The van der Waals surface area contributed by atoms with Gasteiger partial charge in [-0.1, -0.05) is 17.7 Å². The molecule has 27 heavy (non-hydrogen) atoms. The molecule has 138 valence electrons. The van der Waals surface area contributed by atoms with Crippen LogP contribution in [0.25, 0.3) is 11.3 Å². The van der Waals surface area contributed by atoms with Crippen LogP contribution in [0.2, 0.25) is 5.02 Å². The van der Waals surface area contributed by atoms with E-state index < -0.39 is 0 Å². The fourth-order valence-corrected chi connectivity index (χ4v) is 2.75. The van der Waals surface area contributed by atoms with Crippen molar-refractivity contribution in [2.45, 2.75) is 19.4 Å². The first-order chi connectivity index (χ1) is 13.0. The Hall–Kier alpha value is -2.99. The zero-order valence-electron chi connectivity index (χ0n) is 14.4. The van der Waals surface area contributed by atoms with E-state index in [4.69, 9.17) is 11.6 Å². The predicted molar refractivity (Wildman–Crippen MR) is 103 cm³/mol. The summed E-state index contributed by atoms with van der Waals surface area (Å²) < 4.78 is 14.4. The molecule has 5 nitrogen and oxygen atoms in total. The van der Waals surface area contributed by atoms with Crippen molar-refractivity contribution < 1.29 is 9.18 Å². The van der Waals surface area contributed by atoms with Crippen LogP contribution in [0.3, 0.4) is 0 Å². The maximum absolute atomic E-state index is 13.0. The predicted octanol–water partition coefficient (Wildman–Crippen LogP) is 4.12. The molecular formula is C20H17ClFN3O2. The lowest BCUT2D eigenvalue weighted by Gasteiger charge is -2.08. The summed E-state index contributed by atoms with van der Waals surface area (Å²) in [5.41, 5.74) is 1.65. The topological polar surface area (TPSA) is 64.0 Å². The molecule has 2 aromatic carbocycles. The van der Waals surface area contributed by atoms with Crippen molar-refractivity contribution >= 4 is 23.2 Å². The van der Waals surface area contributed by atoms with Crippen LogP contribution in [0.5, 0.6) is 0 Å². The zero-order valence-corrected chi connectivity index (χ0v) is 15.1. The van der Waals surface area contributed by atoms with Gasteiger partial charge in [0.1, 0.15) is 5.82 Å². The lowest BCUT2D eigenvalue weighted by Crippen LogP contribution is -2.23. The van der Waals surface area contributed by atoms with Crippen molar-refractivity contribution in [3.05, 3.63) is 81.9 Å². The number of carbonyl (C=O) groups is 1. The normalized spacial score (nSPS) is 10.6. The Bertz CT molecular complexity index is 1000. The van der Waals surface area contributed by atoms with Gasteiger partial charge in [0.25, 0.3) is 5.56 Å². The van der Waals surface area contributed by atoms with E-state index in [1.165, 1.54) is 22.9 Å². The highest BCUT2D eigenvalue weighted by molar-refractivity contribution is 6.30. The van der Waals surface area contributed by atoms with Gasteiger partial charge in [-0.05, 0) is 55.0 Å². The number of anilines is 1. The summed E-state index contributed by atoms with van der Waals surface area (Å²) in [4.78, 5) is 24.0. The second-order valence-electron chi connectivity index (χ2n) is 5.95. The van der Waals surface area contributed by atoms with Gasteiger partial charge in [-0.15, -0.1) is 0 Å². The molecule has 3 rings (SSSR count). The fraction of sp³-hybridized carbons (Fsp3) is 0.150. The summed E-state index contributed by atoms with van der Waals surface area (Å²) >= 11 is 5.89. The number of nitrogens with one attached hydrogen (secondary N) is 1. The lowest BCUT2D eigenvalue weighted by molar-refractivity contribution is -0.116. The smallest absolute Gasteiger partial charge is 0.266 e. The summed E-state index contributed by atoms with van der Waals surface area (Å²) in [5.74, 6) is -0.502. The highest BCUT2D eigenvalue weighted by Crippen LogP contribution is 2.16. The molecule has 1 amide bonds. The first-order valence-corrected chi connectivity index (χ1v) is 8.78. The number of nitrogens with zero attached hydrogens (tertiary/aromatic N) is 2. The van der Waals surface area contributed by atoms with Gasteiger partial charge < -0.3 is 5.32 Å². The van der Waals surface area contributed by atoms with Crippen molar-refractivity contribution in [2.24, 2.45) is 0 Å². The highest BCUT2D eigenvalue weighted by Gasteiger charge is 2.06. The van der Waals surface area contributed by atoms with E-state index in [1.54, 1.807) is 42.5 Å². The molecule has 0 bridgehead atoms. The minimum absolute atomic E-state index is 0.167. The van der Waals surface area contributed by atoms with E-state index in [9.17, 15) is 14.0 Å². The first-order valence-electron chi connectivity index (χ1n) is 8.41. The second-order valence-corrected chi connectivity index (χ2v) is 6.39. The van der Waals surface area contributed by atoms with Crippen LogP contribution in [-0.2, 0) is 11.3 Å². The van der Waals surface area contributed by atoms with E-state index in [0.717, 1.165) is 0 Å². The monoisotopic (exact) mass is 385 g/mol. The van der Waals surface area contributed by atoms with Crippen molar-refractivity contribution in [1.29, 1.82) is 0 Å². The van der Waals surface area contributed by atoms with Gasteiger partial charge in [-0.3, -0.25) is 9.59 Å². The molecule has 1 aromatic heterocycles. The van der Waals surface area contributed by atoms with Crippen LogP contribution >= 0.6 is 11.6 Å². The summed E-state index contributed by atoms with van der Waals surface area (Å²) in [5, 5.41) is 7.60. The van der Waals surface area contributed by atoms with Crippen LogP contribution in [-0.4, -0.2) is 15.7 Å². The summed E-state index contributed by atoms with van der Waals surface area (Å²) in [7, 11) is 0. The van der Waals surface area contributed by atoms with Gasteiger partial charge in [0, 0.05) is 35.3 Å². The SMILES string of the molecule is O=C(CCCn1nc(-c2ccc(F)cc2)ccc1=O)Nc1cccc(Cl)c1. The number of amides is 1. The first kappa shape index (κ1) is 18.8. The molecule has 0 aliphatic rings. The maximum Gasteiger partial charge on any atom is 0.266 e. The fourth-order valence-electron chi connectivity index (χ4n) is 2.56. The molecule has 0 unspecified atom stereocenters. The molecule has 0 atom stereocenters. The Morgan fingerprint density at radius 1 is 1.11 bits per heavy atom. The zero-order chi connectivity index (χ0) is 19.2. The molecule has 1 heterocycles. The average Bonchev–Trinajstić information content (AvgIpc) is 2.64. The third-order valence-electron chi connectivity index (χ3n) is 3.89. The molecule has 3 aromatic rings. The number of benzene rings is 2. The molecule has 0 aliphatic carbocycles. The minimum Gasteiger partial charge on any atom is -0.326 e. The van der Waals surface area contributed by atoms with Crippen molar-refractivity contribution in [1.82, 2.24) is 9.78 Å². The number of aromatic nitrogens is 2. The Labute approximate surface area is 160 Å². The van der Waals surface area contributed by atoms with Gasteiger partial charge in [-0.25, -0.2) is 9.07 Å². The molecule has 7 heteroatoms. The second kappa shape index (κ2) is 8.60. The van der Waals surface area contributed by atoms with E-state index >= 15 is 0 Å². The Morgan fingerprint density at radius 3 is 2.63 bits per heavy atom. The Kier molecular flexibility index (Phi) is 5.98. The number of rotatable bonds is 6. The molecule has 0 radical (unpaired) electrons. The Morgan fingerprint density at radius 2 is 1.89 bits per heavy atom. The maximum atomic E-state index is 13.0. The number of halogens is 2. The van der Waals surface area contributed by atoms with Gasteiger partial charge >= 0.3 is 0 Å². The largest absolute Gasteiger partial charge is 0.326 e. The van der Waals surface area contributed by atoms with Gasteiger partial charge in [0.05, 0.1) is 5.69 Å². The molecule has 1 N–H and O–H groups in total. The van der Waals surface area contributed by atoms with Crippen LogP contribution in [0, 0.1) is 5.82 Å². The van der Waals surface area contributed by atoms with E-state index in [-0.39, 0.29) is 23.7 Å². The third kappa shape index (κ3) is 5.24. The lowest BCUT2D eigenvalue weighted by atomic mass is 10.1. The van der Waals surface area contributed by atoms with Crippen molar-refractivity contribution in [2.75, 3.05) is 5.32 Å². The summed E-state index contributed by atoms with van der Waals surface area (Å²) in [6.07, 6.45) is 0.688. The van der Waals surface area contributed by atoms with Gasteiger partial charge in [0.15, 0.2) is 0 Å².